The van der Waals surface area contributed by atoms with Crippen LogP contribution in [0.4, 0.5) is 4.79 Å². The number of nitrogens with zero attached hydrogens (tertiary/aromatic N) is 1. The summed E-state index contributed by atoms with van der Waals surface area (Å²) in [7, 11) is 0. The third-order valence-corrected chi connectivity index (χ3v) is 5.17. The Morgan fingerprint density at radius 2 is 1.81 bits per heavy atom. The number of carbonyl (C=O) groups excluding carboxylic acids is 2. The van der Waals surface area contributed by atoms with Gasteiger partial charge in [0.05, 0.1) is 0 Å². The van der Waals surface area contributed by atoms with E-state index in [-0.39, 0.29) is 18.5 Å². The van der Waals surface area contributed by atoms with Crippen LogP contribution >= 0.6 is 23.2 Å². The fraction of sp³-hybridized carbons (Fsp3) is 0.300. The maximum atomic E-state index is 12.6. The van der Waals surface area contributed by atoms with Crippen LogP contribution in [0.2, 0.25) is 10.0 Å². The third kappa shape index (κ3) is 5.15. The SMILES string of the molecule is O=C(NCc1cc(Cl)ccc1Cl)C1CCCN1C(=O)NCc1ccccc1. The molecule has 0 spiro atoms. The maximum Gasteiger partial charge on any atom is 0.318 e. The first-order valence-electron chi connectivity index (χ1n) is 8.84. The van der Waals surface area contributed by atoms with Crippen LogP contribution in [0.5, 0.6) is 0 Å². The number of rotatable bonds is 5. The molecule has 1 atom stereocenters. The molecule has 2 aromatic rings. The lowest BCUT2D eigenvalue weighted by molar-refractivity contribution is -0.124. The molecular formula is C20H21Cl2N3O2. The van der Waals surface area contributed by atoms with Crippen molar-refractivity contribution in [2.45, 2.75) is 32.0 Å². The fourth-order valence-electron chi connectivity index (χ4n) is 3.14. The predicted molar refractivity (Wildman–Crippen MR) is 107 cm³/mol. The second-order valence-electron chi connectivity index (χ2n) is 6.45. The Bertz CT molecular complexity index is 814. The first-order chi connectivity index (χ1) is 13.0. The summed E-state index contributed by atoms with van der Waals surface area (Å²) in [6, 6.07) is 14.1. The summed E-state index contributed by atoms with van der Waals surface area (Å²) in [6.45, 7) is 1.27. The normalized spacial score (nSPS) is 16.2. The number of hydrogen-bond donors (Lipinski definition) is 2. The van der Waals surface area contributed by atoms with E-state index >= 15 is 0 Å². The Morgan fingerprint density at radius 1 is 1.04 bits per heavy atom. The van der Waals surface area contributed by atoms with Gasteiger partial charge in [0.25, 0.3) is 0 Å². The summed E-state index contributed by atoms with van der Waals surface area (Å²) >= 11 is 12.1. The van der Waals surface area contributed by atoms with Gasteiger partial charge < -0.3 is 15.5 Å². The zero-order chi connectivity index (χ0) is 19.2. The summed E-state index contributed by atoms with van der Waals surface area (Å²) in [5, 5.41) is 6.85. The van der Waals surface area contributed by atoms with E-state index in [1.54, 1.807) is 23.1 Å². The van der Waals surface area contributed by atoms with E-state index in [1.807, 2.05) is 30.3 Å². The average molecular weight is 406 g/mol. The molecule has 1 aliphatic rings. The molecule has 0 radical (unpaired) electrons. The lowest BCUT2D eigenvalue weighted by Gasteiger charge is -2.24. The molecule has 1 fully saturated rings. The van der Waals surface area contributed by atoms with Crippen molar-refractivity contribution in [3.8, 4) is 0 Å². The predicted octanol–water partition coefficient (Wildman–Crippen LogP) is 3.98. The van der Waals surface area contributed by atoms with Crippen molar-refractivity contribution in [1.82, 2.24) is 15.5 Å². The van der Waals surface area contributed by atoms with E-state index in [0.29, 0.717) is 29.6 Å². The van der Waals surface area contributed by atoms with E-state index in [1.165, 1.54) is 0 Å². The summed E-state index contributed by atoms with van der Waals surface area (Å²) in [6.07, 6.45) is 1.45. The summed E-state index contributed by atoms with van der Waals surface area (Å²) in [5.74, 6) is -0.182. The van der Waals surface area contributed by atoms with Gasteiger partial charge in [0, 0.05) is 29.7 Å². The molecule has 3 amide bonds. The van der Waals surface area contributed by atoms with Gasteiger partial charge in [-0.05, 0) is 42.2 Å². The Morgan fingerprint density at radius 3 is 2.59 bits per heavy atom. The Labute approximate surface area is 168 Å². The molecule has 27 heavy (non-hydrogen) atoms. The van der Waals surface area contributed by atoms with E-state index < -0.39 is 6.04 Å². The number of likely N-dealkylation sites (tertiary alicyclic amines) is 1. The van der Waals surface area contributed by atoms with Crippen LogP contribution in [0.3, 0.4) is 0 Å². The topological polar surface area (TPSA) is 61.4 Å². The number of hydrogen-bond acceptors (Lipinski definition) is 2. The molecule has 142 valence electrons. The van der Waals surface area contributed by atoms with Crippen LogP contribution in [0.25, 0.3) is 0 Å². The maximum absolute atomic E-state index is 12.6. The minimum absolute atomic E-state index is 0.182. The van der Waals surface area contributed by atoms with Gasteiger partial charge in [0.1, 0.15) is 6.04 Å². The van der Waals surface area contributed by atoms with Crippen LogP contribution in [-0.4, -0.2) is 29.4 Å². The Kier molecular flexibility index (Phi) is 6.58. The standard InChI is InChI=1S/C20H21Cl2N3O2/c21-16-8-9-17(22)15(11-16)13-23-19(26)18-7-4-10-25(18)20(27)24-12-14-5-2-1-3-6-14/h1-3,5-6,8-9,11,18H,4,7,10,12-13H2,(H,23,26)(H,24,27). The first-order valence-corrected chi connectivity index (χ1v) is 9.60. The fourth-order valence-corrected chi connectivity index (χ4v) is 3.52. The van der Waals surface area contributed by atoms with Crippen molar-refractivity contribution in [2.75, 3.05) is 6.54 Å². The summed E-state index contributed by atoms with van der Waals surface area (Å²) in [4.78, 5) is 26.7. The van der Waals surface area contributed by atoms with Gasteiger partial charge in [-0.1, -0.05) is 53.5 Å². The van der Waals surface area contributed by atoms with Crippen molar-refractivity contribution in [2.24, 2.45) is 0 Å². The first kappa shape index (κ1) is 19.5. The molecule has 1 saturated heterocycles. The number of carbonyl (C=O) groups is 2. The van der Waals surface area contributed by atoms with Crippen molar-refractivity contribution in [1.29, 1.82) is 0 Å². The second kappa shape index (κ2) is 9.11. The van der Waals surface area contributed by atoms with E-state index in [4.69, 9.17) is 23.2 Å². The highest BCUT2D eigenvalue weighted by molar-refractivity contribution is 6.33. The highest BCUT2D eigenvalue weighted by Gasteiger charge is 2.33. The number of benzene rings is 2. The molecule has 5 nitrogen and oxygen atoms in total. The van der Waals surface area contributed by atoms with E-state index in [0.717, 1.165) is 17.5 Å². The second-order valence-corrected chi connectivity index (χ2v) is 7.29. The van der Waals surface area contributed by atoms with Gasteiger partial charge in [0.15, 0.2) is 0 Å². The zero-order valence-electron chi connectivity index (χ0n) is 14.8. The molecule has 0 aromatic heterocycles. The molecule has 3 rings (SSSR count). The molecule has 0 saturated carbocycles. The molecule has 1 aliphatic heterocycles. The number of halogens is 2. The summed E-state index contributed by atoms with van der Waals surface area (Å²) in [5.41, 5.74) is 1.76. The molecule has 1 heterocycles. The highest BCUT2D eigenvalue weighted by atomic mass is 35.5. The largest absolute Gasteiger partial charge is 0.350 e. The molecule has 2 aromatic carbocycles. The van der Waals surface area contributed by atoms with Gasteiger partial charge in [-0.25, -0.2) is 4.79 Å². The van der Waals surface area contributed by atoms with E-state index in [2.05, 4.69) is 10.6 Å². The minimum Gasteiger partial charge on any atom is -0.350 e. The van der Waals surface area contributed by atoms with Crippen molar-refractivity contribution in [3.05, 3.63) is 69.7 Å². The monoisotopic (exact) mass is 405 g/mol. The Balaban J connectivity index is 1.55. The van der Waals surface area contributed by atoms with Gasteiger partial charge in [0.2, 0.25) is 5.91 Å². The lowest BCUT2D eigenvalue weighted by atomic mass is 10.2. The molecule has 1 unspecified atom stereocenters. The quantitative estimate of drug-likeness (QED) is 0.789. The van der Waals surface area contributed by atoms with Crippen molar-refractivity contribution < 1.29 is 9.59 Å². The highest BCUT2D eigenvalue weighted by Crippen LogP contribution is 2.21. The lowest BCUT2D eigenvalue weighted by Crippen LogP contribution is -2.49. The van der Waals surface area contributed by atoms with Crippen LogP contribution in [0.1, 0.15) is 24.0 Å². The smallest absolute Gasteiger partial charge is 0.318 e. The Hall–Kier alpha value is -2.24. The van der Waals surface area contributed by atoms with Gasteiger partial charge in [-0.2, -0.15) is 0 Å². The molecular weight excluding hydrogens is 385 g/mol. The molecule has 0 bridgehead atoms. The summed E-state index contributed by atoms with van der Waals surface area (Å²) < 4.78 is 0. The van der Waals surface area contributed by atoms with Crippen LogP contribution in [0, 0.1) is 0 Å². The number of amides is 3. The molecule has 0 aliphatic carbocycles. The molecule has 2 N–H and O–H groups in total. The van der Waals surface area contributed by atoms with Crippen molar-refractivity contribution >= 4 is 35.1 Å². The minimum atomic E-state index is -0.473. The number of urea groups is 1. The molecule has 7 heteroatoms. The zero-order valence-corrected chi connectivity index (χ0v) is 16.3. The van der Waals surface area contributed by atoms with Crippen LogP contribution < -0.4 is 10.6 Å². The average Bonchev–Trinajstić information content (AvgIpc) is 3.17. The van der Waals surface area contributed by atoms with Crippen molar-refractivity contribution in [3.63, 3.8) is 0 Å². The van der Waals surface area contributed by atoms with Gasteiger partial charge in [-0.3, -0.25) is 4.79 Å². The number of nitrogens with one attached hydrogen (secondary N) is 2. The van der Waals surface area contributed by atoms with E-state index in [9.17, 15) is 9.59 Å². The van der Waals surface area contributed by atoms with Gasteiger partial charge in [-0.15, -0.1) is 0 Å². The van der Waals surface area contributed by atoms with Crippen LogP contribution in [-0.2, 0) is 17.9 Å². The van der Waals surface area contributed by atoms with Gasteiger partial charge >= 0.3 is 6.03 Å². The van der Waals surface area contributed by atoms with Crippen LogP contribution in [0.15, 0.2) is 48.5 Å². The third-order valence-electron chi connectivity index (χ3n) is 4.56.